The summed E-state index contributed by atoms with van der Waals surface area (Å²) in [7, 11) is 0. The van der Waals surface area contributed by atoms with E-state index in [1.165, 1.54) is 12.1 Å². The van der Waals surface area contributed by atoms with Gasteiger partial charge in [0.05, 0.1) is 12.0 Å². The van der Waals surface area contributed by atoms with Crippen LogP contribution in [-0.2, 0) is 24.5 Å². The number of rotatable bonds is 7. The van der Waals surface area contributed by atoms with Crippen LogP contribution in [0.5, 0.6) is 0 Å². The Morgan fingerprint density at radius 1 is 1.10 bits per heavy atom. The lowest BCUT2D eigenvalue weighted by Gasteiger charge is -2.27. The number of nitrogens with one attached hydrogen (secondary N) is 2. The molecule has 0 heterocycles. The molecule has 0 aromatic heterocycles. The van der Waals surface area contributed by atoms with Crippen molar-refractivity contribution in [3.05, 3.63) is 64.4 Å². The van der Waals surface area contributed by atoms with Gasteiger partial charge in [0.15, 0.2) is 6.61 Å². The van der Waals surface area contributed by atoms with Gasteiger partial charge in [0, 0.05) is 10.7 Å². The van der Waals surface area contributed by atoms with Crippen LogP contribution in [0.1, 0.15) is 36.8 Å². The average Bonchev–Trinajstić information content (AvgIpc) is 3.25. The average molecular weight is 447 g/mol. The van der Waals surface area contributed by atoms with Crippen molar-refractivity contribution in [1.82, 2.24) is 5.32 Å². The zero-order valence-corrected chi connectivity index (χ0v) is 17.9. The van der Waals surface area contributed by atoms with Crippen LogP contribution in [0.25, 0.3) is 0 Å². The van der Waals surface area contributed by atoms with E-state index in [2.05, 4.69) is 10.6 Å². The fraction of sp³-hybridized carbons (Fsp3) is 0.348. The topological polar surface area (TPSA) is 84.5 Å². The second-order valence-corrected chi connectivity index (χ2v) is 8.02. The van der Waals surface area contributed by atoms with Crippen molar-refractivity contribution in [3.63, 3.8) is 0 Å². The van der Waals surface area contributed by atoms with Crippen molar-refractivity contribution in [2.45, 2.75) is 38.0 Å². The Labute approximate surface area is 185 Å². The monoisotopic (exact) mass is 446 g/mol. The summed E-state index contributed by atoms with van der Waals surface area (Å²) in [5.74, 6) is -2.00. The quantitative estimate of drug-likeness (QED) is 0.632. The van der Waals surface area contributed by atoms with E-state index in [1.807, 2.05) is 0 Å². The first-order chi connectivity index (χ1) is 14.8. The third-order valence-electron chi connectivity index (χ3n) is 5.55. The lowest BCUT2D eigenvalue weighted by Crippen LogP contribution is -2.39. The zero-order valence-electron chi connectivity index (χ0n) is 17.2. The molecule has 1 aliphatic carbocycles. The van der Waals surface area contributed by atoms with Crippen LogP contribution in [0.15, 0.2) is 42.5 Å². The van der Waals surface area contributed by atoms with Crippen molar-refractivity contribution in [1.29, 1.82) is 0 Å². The van der Waals surface area contributed by atoms with Gasteiger partial charge < -0.3 is 15.4 Å². The molecule has 2 N–H and O–H groups in total. The molecule has 0 spiro atoms. The highest BCUT2D eigenvalue weighted by Crippen LogP contribution is 2.42. The molecule has 2 amide bonds. The number of carbonyl (C=O) groups excluding carboxylic acids is 3. The smallest absolute Gasteiger partial charge is 0.317 e. The Morgan fingerprint density at radius 3 is 2.52 bits per heavy atom. The summed E-state index contributed by atoms with van der Waals surface area (Å²) >= 11 is 6.02. The van der Waals surface area contributed by atoms with Crippen LogP contribution in [-0.4, -0.2) is 30.9 Å². The molecule has 0 aliphatic heterocycles. The molecule has 6 nitrogen and oxygen atoms in total. The Hall–Kier alpha value is -2.93. The minimum atomic E-state index is -0.941. The van der Waals surface area contributed by atoms with Crippen LogP contribution in [0.4, 0.5) is 10.1 Å². The number of hydrogen-bond acceptors (Lipinski definition) is 4. The minimum absolute atomic E-state index is 0.280. The number of anilines is 1. The number of halogens is 2. The molecule has 0 atom stereocenters. The van der Waals surface area contributed by atoms with E-state index in [1.54, 1.807) is 37.3 Å². The first-order valence-corrected chi connectivity index (χ1v) is 10.4. The van der Waals surface area contributed by atoms with Crippen LogP contribution >= 0.6 is 11.6 Å². The molecular weight excluding hydrogens is 423 g/mol. The fourth-order valence-electron chi connectivity index (χ4n) is 3.81. The lowest BCUT2D eigenvalue weighted by molar-refractivity contribution is -0.154. The Kier molecular flexibility index (Phi) is 7.28. The zero-order chi connectivity index (χ0) is 22.4. The number of amides is 2. The number of carbonyl (C=O) groups is 3. The van der Waals surface area contributed by atoms with E-state index < -0.39 is 35.6 Å². The van der Waals surface area contributed by atoms with Gasteiger partial charge in [-0.15, -0.1) is 0 Å². The second-order valence-electron chi connectivity index (χ2n) is 7.61. The van der Waals surface area contributed by atoms with Crippen LogP contribution < -0.4 is 10.6 Å². The van der Waals surface area contributed by atoms with Crippen molar-refractivity contribution in [3.8, 4) is 0 Å². The molecule has 2 aromatic carbocycles. The molecule has 8 heteroatoms. The first-order valence-electron chi connectivity index (χ1n) is 10.1. The van der Waals surface area contributed by atoms with Crippen molar-refractivity contribution < 1.29 is 23.5 Å². The molecule has 0 saturated heterocycles. The van der Waals surface area contributed by atoms with Gasteiger partial charge in [-0.2, -0.15) is 0 Å². The van der Waals surface area contributed by atoms with Crippen molar-refractivity contribution >= 4 is 35.1 Å². The van der Waals surface area contributed by atoms with Crippen molar-refractivity contribution in [2.75, 3.05) is 18.5 Å². The second kappa shape index (κ2) is 9.92. The summed E-state index contributed by atoms with van der Waals surface area (Å²) in [4.78, 5) is 37.0. The van der Waals surface area contributed by atoms with E-state index in [9.17, 15) is 18.8 Å². The van der Waals surface area contributed by atoms with E-state index in [-0.39, 0.29) is 6.54 Å². The predicted molar refractivity (Wildman–Crippen MR) is 115 cm³/mol. The van der Waals surface area contributed by atoms with Gasteiger partial charge in [0.2, 0.25) is 5.91 Å². The summed E-state index contributed by atoms with van der Waals surface area (Å²) in [5, 5.41) is 5.61. The number of benzene rings is 2. The molecule has 31 heavy (non-hydrogen) atoms. The fourth-order valence-corrected chi connectivity index (χ4v) is 3.99. The highest BCUT2D eigenvalue weighted by molar-refractivity contribution is 6.31. The van der Waals surface area contributed by atoms with E-state index in [4.69, 9.17) is 16.3 Å². The van der Waals surface area contributed by atoms with Gasteiger partial charge in [0.1, 0.15) is 5.82 Å². The molecule has 3 rings (SSSR count). The molecule has 164 valence electrons. The van der Waals surface area contributed by atoms with E-state index in [0.29, 0.717) is 29.1 Å². The van der Waals surface area contributed by atoms with Crippen LogP contribution in [0.3, 0.4) is 0 Å². The van der Waals surface area contributed by atoms with Gasteiger partial charge >= 0.3 is 5.97 Å². The van der Waals surface area contributed by atoms with E-state index >= 15 is 0 Å². The maximum Gasteiger partial charge on any atom is 0.317 e. The molecule has 1 aliphatic rings. The normalized spacial score (nSPS) is 14.7. The Balaban J connectivity index is 1.52. The molecule has 1 fully saturated rings. The Morgan fingerprint density at radius 2 is 1.81 bits per heavy atom. The van der Waals surface area contributed by atoms with E-state index in [0.717, 1.165) is 18.4 Å². The van der Waals surface area contributed by atoms with Gasteiger partial charge in [-0.25, -0.2) is 4.39 Å². The maximum absolute atomic E-state index is 13.7. The minimum Gasteiger partial charge on any atom is -0.455 e. The summed E-state index contributed by atoms with van der Waals surface area (Å²) in [6.45, 7) is 0.976. The van der Waals surface area contributed by atoms with Crippen LogP contribution in [0.2, 0.25) is 5.02 Å². The maximum atomic E-state index is 13.7. The third kappa shape index (κ3) is 5.41. The highest BCUT2D eigenvalue weighted by Gasteiger charge is 2.44. The summed E-state index contributed by atoms with van der Waals surface area (Å²) in [5.41, 5.74) is 0.893. The summed E-state index contributed by atoms with van der Waals surface area (Å²) < 4.78 is 18.9. The molecule has 0 bridgehead atoms. The van der Waals surface area contributed by atoms with Gasteiger partial charge in [0.25, 0.3) is 5.91 Å². The molecule has 0 radical (unpaired) electrons. The standard InChI is InChI=1S/C23H24ClFN2O4/c1-15-18(24)8-5-9-19(15)27-20(28)13-26-21(29)14-31-22(30)23(10-2-3-11-23)16-6-4-7-17(25)12-16/h4-9,12H,2-3,10-11,13-14H2,1H3,(H,26,29)(H,27,28). The van der Waals surface area contributed by atoms with Gasteiger partial charge in [-0.1, -0.05) is 42.6 Å². The Bertz CT molecular complexity index is 989. The van der Waals surface area contributed by atoms with Crippen LogP contribution in [0, 0.1) is 12.7 Å². The SMILES string of the molecule is Cc1c(Cl)cccc1NC(=O)CNC(=O)COC(=O)C1(c2cccc(F)c2)CCCC1. The summed E-state index contributed by atoms with van der Waals surface area (Å²) in [6, 6.07) is 11.1. The number of ether oxygens (including phenoxy) is 1. The van der Waals surface area contributed by atoms with Gasteiger partial charge in [-0.3, -0.25) is 14.4 Å². The van der Waals surface area contributed by atoms with Gasteiger partial charge in [-0.05, 0) is 55.2 Å². The predicted octanol–water partition coefficient (Wildman–Crippen LogP) is 3.90. The molecular formula is C23H24ClFN2O4. The molecule has 0 unspecified atom stereocenters. The lowest BCUT2D eigenvalue weighted by atomic mass is 9.79. The molecule has 1 saturated carbocycles. The number of hydrogen-bond donors (Lipinski definition) is 2. The highest BCUT2D eigenvalue weighted by atomic mass is 35.5. The largest absolute Gasteiger partial charge is 0.455 e. The first kappa shape index (κ1) is 22.7. The van der Waals surface area contributed by atoms with Crippen molar-refractivity contribution in [2.24, 2.45) is 0 Å². The number of esters is 1. The third-order valence-corrected chi connectivity index (χ3v) is 5.96. The summed E-state index contributed by atoms with van der Waals surface area (Å²) in [6.07, 6.45) is 2.72. The molecule has 2 aromatic rings.